The highest BCUT2D eigenvalue weighted by Gasteiger charge is 2.15. The average Bonchev–Trinajstić information content (AvgIpc) is 2.35. The molecular weight excluding hydrogens is 254 g/mol. The second kappa shape index (κ2) is 6.06. The molecular formula is C11H13N3O3S. The van der Waals surface area contributed by atoms with Gasteiger partial charge >= 0.3 is 0 Å². The first-order valence-electron chi connectivity index (χ1n) is 5.20. The Balaban J connectivity index is 2.80. The van der Waals surface area contributed by atoms with E-state index >= 15 is 0 Å². The van der Waals surface area contributed by atoms with Crippen molar-refractivity contribution >= 4 is 28.8 Å². The van der Waals surface area contributed by atoms with Crippen molar-refractivity contribution in [3.8, 4) is 0 Å². The van der Waals surface area contributed by atoms with Crippen molar-refractivity contribution in [1.82, 2.24) is 4.90 Å². The van der Waals surface area contributed by atoms with Gasteiger partial charge in [0.05, 0.1) is 9.91 Å². The van der Waals surface area contributed by atoms with Crippen LogP contribution in [-0.2, 0) is 0 Å². The van der Waals surface area contributed by atoms with Crippen LogP contribution in [0.1, 0.15) is 16.8 Å². The van der Waals surface area contributed by atoms with E-state index in [2.05, 4.69) is 0 Å². The minimum atomic E-state index is -0.536. The van der Waals surface area contributed by atoms with E-state index in [4.69, 9.17) is 18.0 Å². The zero-order valence-electron chi connectivity index (χ0n) is 9.83. The zero-order chi connectivity index (χ0) is 13.7. The smallest absolute Gasteiger partial charge is 0.270 e. The fourth-order valence-corrected chi connectivity index (χ4v) is 1.44. The highest BCUT2D eigenvalue weighted by molar-refractivity contribution is 7.80. The Labute approximate surface area is 110 Å². The van der Waals surface area contributed by atoms with Crippen LogP contribution in [0.2, 0.25) is 0 Å². The van der Waals surface area contributed by atoms with Gasteiger partial charge in [0.1, 0.15) is 0 Å². The number of hydrogen-bond donors (Lipinski definition) is 1. The molecule has 1 aromatic carbocycles. The molecule has 0 aromatic heterocycles. The lowest BCUT2D eigenvalue weighted by Gasteiger charge is -2.16. The molecule has 0 heterocycles. The van der Waals surface area contributed by atoms with E-state index < -0.39 is 4.92 Å². The van der Waals surface area contributed by atoms with Crippen molar-refractivity contribution in [2.45, 2.75) is 6.42 Å². The van der Waals surface area contributed by atoms with Crippen LogP contribution >= 0.6 is 12.2 Å². The highest BCUT2D eigenvalue weighted by Crippen LogP contribution is 2.14. The molecule has 6 nitrogen and oxygen atoms in total. The van der Waals surface area contributed by atoms with Crippen LogP contribution in [0.3, 0.4) is 0 Å². The number of hydrogen-bond acceptors (Lipinski definition) is 4. The van der Waals surface area contributed by atoms with E-state index in [-0.39, 0.29) is 17.2 Å². The molecule has 0 spiro atoms. The number of non-ortho nitro benzene ring substituents is 1. The lowest BCUT2D eigenvalue weighted by atomic mass is 10.2. The SMILES string of the molecule is CN(CCC(N)=S)C(=O)c1cccc([N+](=O)[O-])c1. The van der Waals surface area contributed by atoms with Crippen molar-refractivity contribution in [2.75, 3.05) is 13.6 Å². The van der Waals surface area contributed by atoms with Crippen LogP contribution in [0.5, 0.6) is 0 Å². The normalized spacial score (nSPS) is 9.83. The molecule has 1 amide bonds. The number of carbonyl (C=O) groups excluding carboxylic acids is 1. The van der Waals surface area contributed by atoms with Gasteiger partial charge in [0.2, 0.25) is 0 Å². The number of nitro benzene ring substituents is 1. The van der Waals surface area contributed by atoms with Crippen LogP contribution in [-0.4, -0.2) is 34.3 Å². The molecule has 1 aromatic rings. The number of thiocarbonyl (C=S) groups is 1. The van der Waals surface area contributed by atoms with Gasteiger partial charge in [-0.2, -0.15) is 0 Å². The summed E-state index contributed by atoms with van der Waals surface area (Å²) >= 11 is 4.72. The molecule has 0 bridgehead atoms. The van der Waals surface area contributed by atoms with Gasteiger partial charge in [-0.05, 0) is 6.07 Å². The van der Waals surface area contributed by atoms with Gasteiger partial charge in [-0.25, -0.2) is 0 Å². The number of nitrogens with two attached hydrogens (primary N) is 1. The van der Waals surface area contributed by atoms with Gasteiger partial charge in [0.25, 0.3) is 11.6 Å². The molecule has 0 radical (unpaired) electrons. The fourth-order valence-electron chi connectivity index (χ4n) is 1.35. The molecule has 18 heavy (non-hydrogen) atoms. The van der Waals surface area contributed by atoms with Crippen molar-refractivity contribution in [1.29, 1.82) is 0 Å². The van der Waals surface area contributed by atoms with Crippen molar-refractivity contribution < 1.29 is 9.72 Å². The molecule has 0 atom stereocenters. The summed E-state index contributed by atoms with van der Waals surface area (Å²) in [6, 6.07) is 5.60. The van der Waals surface area contributed by atoms with E-state index in [9.17, 15) is 14.9 Å². The molecule has 0 aliphatic rings. The van der Waals surface area contributed by atoms with Crippen molar-refractivity contribution in [3.63, 3.8) is 0 Å². The summed E-state index contributed by atoms with van der Waals surface area (Å²) in [5.41, 5.74) is 5.51. The first-order chi connectivity index (χ1) is 8.41. The Morgan fingerprint density at radius 3 is 2.78 bits per heavy atom. The van der Waals surface area contributed by atoms with Crippen molar-refractivity contribution in [3.05, 3.63) is 39.9 Å². The van der Waals surface area contributed by atoms with E-state index in [0.717, 1.165) is 0 Å². The van der Waals surface area contributed by atoms with Gasteiger partial charge in [-0.15, -0.1) is 0 Å². The lowest BCUT2D eigenvalue weighted by molar-refractivity contribution is -0.384. The lowest BCUT2D eigenvalue weighted by Crippen LogP contribution is -2.30. The molecule has 2 N–H and O–H groups in total. The van der Waals surface area contributed by atoms with E-state index in [1.807, 2.05) is 0 Å². The maximum Gasteiger partial charge on any atom is 0.270 e. The third kappa shape index (κ3) is 3.77. The van der Waals surface area contributed by atoms with E-state index in [0.29, 0.717) is 18.0 Å². The van der Waals surface area contributed by atoms with Gasteiger partial charge < -0.3 is 10.6 Å². The number of rotatable bonds is 5. The standard InChI is InChI=1S/C11H13N3O3S/c1-13(6-5-10(12)18)11(15)8-3-2-4-9(7-8)14(16)17/h2-4,7H,5-6H2,1H3,(H2,12,18). The summed E-state index contributed by atoms with van der Waals surface area (Å²) in [5, 5.41) is 10.6. The van der Waals surface area contributed by atoms with Crippen LogP contribution < -0.4 is 5.73 Å². The maximum absolute atomic E-state index is 12.0. The van der Waals surface area contributed by atoms with Crippen LogP contribution in [0, 0.1) is 10.1 Å². The van der Waals surface area contributed by atoms with E-state index in [1.54, 1.807) is 7.05 Å². The molecule has 96 valence electrons. The third-order valence-corrected chi connectivity index (χ3v) is 2.55. The van der Waals surface area contributed by atoms with Crippen LogP contribution in [0.25, 0.3) is 0 Å². The Morgan fingerprint density at radius 2 is 2.22 bits per heavy atom. The second-order valence-electron chi connectivity index (χ2n) is 3.75. The number of benzene rings is 1. The summed E-state index contributed by atoms with van der Waals surface area (Å²) in [6.07, 6.45) is 0.423. The zero-order valence-corrected chi connectivity index (χ0v) is 10.6. The van der Waals surface area contributed by atoms with Gasteiger partial charge in [-0.3, -0.25) is 14.9 Å². The van der Waals surface area contributed by atoms with Crippen LogP contribution in [0.4, 0.5) is 5.69 Å². The van der Waals surface area contributed by atoms with Gasteiger partial charge in [0, 0.05) is 37.7 Å². The number of nitro groups is 1. The summed E-state index contributed by atoms with van der Waals surface area (Å²) in [4.78, 5) is 23.8. The summed E-state index contributed by atoms with van der Waals surface area (Å²) in [7, 11) is 1.60. The highest BCUT2D eigenvalue weighted by atomic mass is 32.1. The van der Waals surface area contributed by atoms with Gasteiger partial charge in [-0.1, -0.05) is 18.3 Å². The van der Waals surface area contributed by atoms with Crippen molar-refractivity contribution in [2.24, 2.45) is 5.73 Å². The Morgan fingerprint density at radius 1 is 1.56 bits per heavy atom. The predicted octanol–water partition coefficient (Wildman–Crippen LogP) is 1.34. The fraction of sp³-hybridized carbons (Fsp3) is 0.273. The quantitative estimate of drug-likeness (QED) is 0.494. The topological polar surface area (TPSA) is 89.5 Å². The number of amides is 1. The Kier molecular flexibility index (Phi) is 4.73. The minimum Gasteiger partial charge on any atom is -0.393 e. The van der Waals surface area contributed by atoms with Gasteiger partial charge in [0.15, 0.2) is 0 Å². The molecule has 0 saturated heterocycles. The predicted molar refractivity (Wildman–Crippen MR) is 71.5 cm³/mol. The van der Waals surface area contributed by atoms with E-state index in [1.165, 1.54) is 29.2 Å². The number of nitrogens with zero attached hydrogens (tertiary/aromatic N) is 2. The molecule has 7 heteroatoms. The molecule has 0 fully saturated rings. The average molecular weight is 267 g/mol. The number of carbonyl (C=O) groups is 1. The van der Waals surface area contributed by atoms with Crippen LogP contribution in [0.15, 0.2) is 24.3 Å². The molecule has 0 saturated carbocycles. The second-order valence-corrected chi connectivity index (χ2v) is 4.27. The summed E-state index contributed by atoms with van der Waals surface area (Å²) in [5.74, 6) is -0.296. The first-order valence-corrected chi connectivity index (χ1v) is 5.61. The molecule has 0 aliphatic heterocycles. The molecule has 0 unspecified atom stereocenters. The summed E-state index contributed by atoms with van der Waals surface area (Å²) < 4.78 is 0. The first kappa shape index (κ1) is 14.0. The largest absolute Gasteiger partial charge is 0.393 e. The molecule has 0 aliphatic carbocycles. The summed E-state index contributed by atoms with van der Waals surface area (Å²) in [6.45, 7) is 0.386. The minimum absolute atomic E-state index is 0.108. The Hall–Kier alpha value is -2.02. The Bertz CT molecular complexity index is 490. The molecule has 1 rings (SSSR count). The monoisotopic (exact) mass is 267 g/mol. The maximum atomic E-state index is 12.0. The third-order valence-electron chi connectivity index (χ3n) is 2.34.